The number of carbonyl (C=O) groups excluding carboxylic acids is 1. The molecule has 0 saturated carbocycles. The molecule has 0 aliphatic rings. The van der Waals surface area contributed by atoms with Crippen molar-refractivity contribution in [2.24, 2.45) is 0 Å². The molecule has 0 aliphatic carbocycles. The van der Waals surface area contributed by atoms with E-state index in [2.05, 4.69) is 21.2 Å². The molecule has 0 radical (unpaired) electrons. The lowest BCUT2D eigenvalue weighted by molar-refractivity contribution is 0.0894. The quantitative estimate of drug-likeness (QED) is 0.769. The molecule has 4 nitrogen and oxygen atoms in total. The molecule has 1 unspecified atom stereocenters. The van der Waals surface area contributed by atoms with Crippen molar-refractivity contribution in [3.63, 3.8) is 0 Å². The van der Waals surface area contributed by atoms with Crippen LogP contribution in [0.5, 0.6) is 5.75 Å². The number of ether oxygens (including phenoxy) is 2. The van der Waals surface area contributed by atoms with Gasteiger partial charge in [0.1, 0.15) is 5.75 Å². The molecular formula is C13H17BrClNO3. The monoisotopic (exact) mass is 349 g/mol. The van der Waals surface area contributed by atoms with E-state index < -0.39 is 0 Å². The Morgan fingerprint density at radius 1 is 1.47 bits per heavy atom. The van der Waals surface area contributed by atoms with Gasteiger partial charge in [-0.05, 0) is 40.5 Å². The van der Waals surface area contributed by atoms with Gasteiger partial charge in [0, 0.05) is 17.5 Å². The van der Waals surface area contributed by atoms with Gasteiger partial charge in [0.25, 0.3) is 5.91 Å². The Kier molecular flexibility index (Phi) is 7.20. The SMILES string of the molecule is COCC(CCCl)NC(=O)c1cc(OC)ccc1Br. The van der Waals surface area contributed by atoms with Crippen LogP contribution in [0, 0.1) is 0 Å². The lowest BCUT2D eigenvalue weighted by atomic mass is 10.1. The highest BCUT2D eigenvalue weighted by atomic mass is 79.9. The van der Waals surface area contributed by atoms with E-state index in [1.807, 2.05) is 0 Å². The summed E-state index contributed by atoms with van der Waals surface area (Å²) < 4.78 is 10.9. The van der Waals surface area contributed by atoms with Crippen LogP contribution in [0.3, 0.4) is 0 Å². The Balaban J connectivity index is 2.81. The average molecular weight is 351 g/mol. The second-order valence-corrected chi connectivity index (χ2v) is 5.18. The van der Waals surface area contributed by atoms with Crippen molar-refractivity contribution in [2.75, 3.05) is 26.7 Å². The highest BCUT2D eigenvalue weighted by molar-refractivity contribution is 9.10. The standard InChI is InChI=1S/C13H17BrClNO3/c1-18-8-9(5-6-15)16-13(17)11-7-10(19-2)3-4-12(11)14/h3-4,7,9H,5-6,8H2,1-2H3,(H,16,17). The Morgan fingerprint density at radius 3 is 2.79 bits per heavy atom. The van der Waals surface area contributed by atoms with Crippen LogP contribution in [0.2, 0.25) is 0 Å². The van der Waals surface area contributed by atoms with E-state index in [0.29, 0.717) is 34.7 Å². The van der Waals surface area contributed by atoms with Gasteiger partial charge in [-0.15, -0.1) is 11.6 Å². The van der Waals surface area contributed by atoms with Crippen molar-refractivity contribution in [2.45, 2.75) is 12.5 Å². The summed E-state index contributed by atoms with van der Waals surface area (Å²) in [6.45, 7) is 0.431. The third-order valence-electron chi connectivity index (χ3n) is 2.58. The normalized spacial score (nSPS) is 12.0. The number of alkyl halides is 1. The zero-order chi connectivity index (χ0) is 14.3. The third kappa shape index (κ3) is 5.01. The van der Waals surface area contributed by atoms with Crippen LogP contribution in [0.15, 0.2) is 22.7 Å². The summed E-state index contributed by atoms with van der Waals surface area (Å²) in [5.41, 5.74) is 0.523. The Bertz CT molecular complexity index is 422. The number of methoxy groups -OCH3 is 2. The van der Waals surface area contributed by atoms with E-state index in [1.165, 1.54) is 0 Å². The molecule has 0 saturated heterocycles. The maximum absolute atomic E-state index is 12.2. The molecule has 1 atom stereocenters. The van der Waals surface area contributed by atoms with Crippen molar-refractivity contribution in [1.29, 1.82) is 0 Å². The number of carbonyl (C=O) groups is 1. The Labute approximate surface area is 126 Å². The molecule has 19 heavy (non-hydrogen) atoms. The second-order valence-electron chi connectivity index (χ2n) is 3.95. The Morgan fingerprint density at radius 2 is 2.21 bits per heavy atom. The number of amides is 1. The van der Waals surface area contributed by atoms with Crippen LogP contribution in [-0.2, 0) is 4.74 Å². The first-order valence-corrected chi connectivity index (χ1v) is 7.14. The van der Waals surface area contributed by atoms with Crippen LogP contribution in [-0.4, -0.2) is 38.7 Å². The van der Waals surface area contributed by atoms with E-state index in [9.17, 15) is 4.79 Å². The lowest BCUT2D eigenvalue weighted by Crippen LogP contribution is -2.38. The Hall–Kier alpha value is -0.780. The van der Waals surface area contributed by atoms with E-state index in [0.717, 1.165) is 0 Å². The van der Waals surface area contributed by atoms with E-state index >= 15 is 0 Å². The fourth-order valence-corrected chi connectivity index (χ4v) is 2.29. The second kappa shape index (κ2) is 8.40. The summed E-state index contributed by atoms with van der Waals surface area (Å²) in [6, 6.07) is 5.14. The van der Waals surface area contributed by atoms with Gasteiger partial charge in [0.05, 0.1) is 25.3 Å². The molecule has 0 fully saturated rings. The van der Waals surface area contributed by atoms with Crippen LogP contribution in [0.4, 0.5) is 0 Å². The molecule has 0 spiro atoms. The molecule has 0 heterocycles. The number of hydrogen-bond donors (Lipinski definition) is 1. The summed E-state index contributed by atoms with van der Waals surface area (Å²) in [5.74, 6) is 0.917. The summed E-state index contributed by atoms with van der Waals surface area (Å²) >= 11 is 9.06. The van der Waals surface area contributed by atoms with Gasteiger partial charge in [-0.2, -0.15) is 0 Å². The van der Waals surface area contributed by atoms with Crippen molar-refractivity contribution in [3.05, 3.63) is 28.2 Å². The van der Waals surface area contributed by atoms with Crippen molar-refractivity contribution in [1.82, 2.24) is 5.32 Å². The van der Waals surface area contributed by atoms with Crippen molar-refractivity contribution < 1.29 is 14.3 Å². The number of hydrogen-bond acceptors (Lipinski definition) is 3. The number of benzene rings is 1. The van der Waals surface area contributed by atoms with Crippen molar-refractivity contribution >= 4 is 33.4 Å². The zero-order valence-electron chi connectivity index (χ0n) is 10.9. The van der Waals surface area contributed by atoms with E-state index in [4.69, 9.17) is 21.1 Å². The molecule has 106 valence electrons. The smallest absolute Gasteiger partial charge is 0.252 e. The van der Waals surface area contributed by atoms with Gasteiger partial charge in [-0.1, -0.05) is 0 Å². The number of rotatable bonds is 7. The molecular weight excluding hydrogens is 334 g/mol. The first-order valence-electron chi connectivity index (χ1n) is 5.81. The minimum Gasteiger partial charge on any atom is -0.497 e. The van der Waals surface area contributed by atoms with Gasteiger partial charge < -0.3 is 14.8 Å². The summed E-state index contributed by atoms with van der Waals surface area (Å²) in [4.78, 5) is 12.2. The predicted molar refractivity (Wildman–Crippen MR) is 79.2 cm³/mol. The minimum atomic E-state index is -0.182. The van der Waals surface area contributed by atoms with Crippen LogP contribution in [0.1, 0.15) is 16.8 Å². The van der Waals surface area contributed by atoms with Gasteiger partial charge in [0.2, 0.25) is 0 Å². The molecule has 1 amide bonds. The minimum absolute atomic E-state index is 0.104. The molecule has 1 N–H and O–H groups in total. The topological polar surface area (TPSA) is 47.6 Å². The molecule has 0 aliphatic heterocycles. The van der Waals surface area contributed by atoms with Gasteiger partial charge in [-0.25, -0.2) is 0 Å². The third-order valence-corrected chi connectivity index (χ3v) is 3.49. The molecule has 1 rings (SSSR count). The van der Waals surface area contributed by atoms with Gasteiger partial charge in [-0.3, -0.25) is 4.79 Å². The summed E-state index contributed by atoms with van der Waals surface area (Å²) in [6.07, 6.45) is 0.655. The number of nitrogens with one attached hydrogen (secondary N) is 1. The maximum atomic E-state index is 12.2. The molecule has 1 aromatic carbocycles. The van der Waals surface area contributed by atoms with Crippen LogP contribution in [0.25, 0.3) is 0 Å². The first-order chi connectivity index (χ1) is 9.12. The molecule has 0 bridgehead atoms. The number of halogens is 2. The maximum Gasteiger partial charge on any atom is 0.252 e. The molecule has 6 heteroatoms. The average Bonchev–Trinajstić information content (AvgIpc) is 2.39. The summed E-state index contributed by atoms with van der Waals surface area (Å²) in [5, 5.41) is 2.89. The highest BCUT2D eigenvalue weighted by Gasteiger charge is 2.16. The van der Waals surface area contributed by atoms with E-state index in [1.54, 1.807) is 32.4 Å². The first kappa shape index (κ1) is 16.3. The molecule has 1 aromatic rings. The zero-order valence-corrected chi connectivity index (χ0v) is 13.3. The lowest BCUT2D eigenvalue weighted by Gasteiger charge is -2.17. The van der Waals surface area contributed by atoms with Crippen LogP contribution < -0.4 is 10.1 Å². The van der Waals surface area contributed by atoms with E-state index in [-0.39, 0.29) is 11.9 Å². The fraction of sp³-hybridized carbons (Fsp3) is 0.462. The fourth-order valence-electron chi connectivity index (χ4n) is 1.60. The highest BCUT2D eigenvalue weighted by Crippen LogP contribution is 2.22. The van der Waals surface area contributed by atoms with Crippen LogP contribution >= 0.6 is 27.5 Å². The summed E-state index contributed by atoms with van der Waals surface area (Å²) in [7, 11) is 3.15. The van der Waals surface area contributed by atoms with Gasteiger partial charge >= 0.3 is 0 Å². The molecule has 0 aromatic heterocycles. The largest absolute Gasteiger partial charge is 0.497 e. The van der Waals surface area contributed by atoms with Gasteiger partial charge in [0.15, 0.2) is 0 Å². The predicted octanol–water partition coefficient (Wildman–Crippen LogP) is 2.83. The van der Waals surface area contributed by atoms with Crippen molar-refractivity contribution in [3.8, 4) is 5.75 Å².